The Kier molecular flexibility index (Phi) is 4.16. The molecular weight excluding hydrogens is 236 g/mol. The van der Waals surface area contributed by atoms with Gasteiger partial charge in [0.15, 0.2) is 0 Å². The van der Waals surface area contributed by atoms with Crippen molar-refractivity contribution in [3.8, 4) is 0 Å². The Hall–Kier alpha value is -0.120. The summed E-state index contributed by atoms with van der Waals surface area (Å²) in [5.74, 6) is 1.97. The van der Waals surface area contributed by atoms with Crippen molar-refractivity contribution in [2.24, 2.45) is 17.6 Å². The van der Waals surface area contributed by atoms with E-state index in [2.05, 4.69) is 11.8 Å². The van der Waals surface area contributed by atoms with E-state index in [0.717, 1.165) is 37.8 Å². The highest BCUT2D eigenvalue weighted by atomic mass is 16.5. The quantitative estimate of drug-likeness (QED) is 0.849. The predicted molar refractivity (Wildman–Crippen MR) is 78.1 cm³/mol. The second kappa shape index (κ2) is 5.71. The van der Waals surface area contributed by atoms with Gasteiger partial charge in [-0.2, -0.15) is 0 Å². The molecule has 1 aliphatic heterocycles. The summed E-state index contributed by atoms with van der Waals surface area (Å²) in [6, 6.07) is 0. The van der Waals surface area contributed by atoms with Crippen molar-refractivity contribution >= 4 is 0 Å². The average Bonchev–Trinajstić information content (AvgIpc) is 2.42. The highest BCUT2D eigenvalue weighted by Crippen LogP contribution is 2.44. The Morgan fingerprint density at radius 2 is 1.89 bits per heavy atom. The van der Waals surface area contributed by atoms with Crippen LogP contribution in [0.5, 0.6) is 0 Å². The molecule has 2 N–H and O–H groups in total. The zero-order valence-corrected chi connectivity index (χ0v) is 12.4. The SMILES string of the molecule is CCOC1CC(CN)(N2CCC3CCCCC3C2)C1. The van der Waals surface area contributed by atoms with Crippen LogP contribution >= 0.6 is 0 Å². The third-order valence-corrected chi connectivity index (χ3v) is 5.96. The first-order valence-corrected chi connectivity index (χ1v) is 8.34. The van der Waals surface area contributed by atoms with Gasteiger partial charge in [-0.15, -0.1) is 0 Å². The second-order valence-electron chi connectivity index (χ2n) is 6.95. The minimum Gasteiger partial charge on any atom is -0.378 e. The predicted octanol–water partition coefficient (Wildman–Crippen LogP) is 2.39. The highest BCUT2D eigenvalue weighted by Gasteiger charge is 2.49. The molecule has 0 bridgehead atoms. The molecule has 0 spiro atoms. The van der Waals surface area contributed by atoms with Crippen LogP contribution in [0.1, 0.15) is 51.9 Å². The smallest absolute Gasteiger partial charge is 0.0611 e. The Labute approximate surface area is 117 Å². The van der Waals surface area contributed by atoms with Gasteiger partial charge in [0.25, 0.3) is 0 Å². The van der Waals surface area contributed by atoms with Crippen molar-refractivity contribution in [2.75, 3.05) is 26.2 Å². The van der Waals surface area contributed by atoms with Gasteiger partial charge in [0, 0.05) is 25.2 Å². The van der Waals surface area contributed by atoms with Gasteiger partial charge in [-0.1, -0.05) is 19.3 Å². The van der Waals surface area contributed by atoms with E-state index in [1.165, 1.54) is 45.2 Å². The molecule has 2 saturated carbocycles. The van der Waals surface area contributed by atoms with Gasteiger partial charge >= 0.3 is 0 Å². The molecule has 110 valence electrons. The maximum absolute atomic E-state index is 6.13. The number of ether oxygens (including phenoxy) is 1. The lowest BCUT2D eigenvalue weighted by atomic mass is 9.68. The van der Waals surface area contributed by atoms with Gasteiger partial charge in [-0.05, 0) is 51.0 Å². The van der Waals surface area contributed by atoms with E-state index in [4.69, 9.17) is 10.5 Å². The molecule has 2 atom stereocenters. The summed E-state index contributed by atoms with van der Waals surface area (Å²) in [6.45, 7) is 6.33. The van der Waals surface area contributed by atoms with Crippen molar-refractivity contribution in [1.82, 2.24) is 4.90 Å². The third kappa shape index (κ3) is 2.57. The Bertz CT molecular complexity index is 301. The van der Waals surface area contributed by atoms with Crippen LogP contribution in [0.2, 0.25) is 0 Å². The molecular formula is C16H30N2O. The topological polar surface area (TPSA) is 38.5 Å². The van der Waals surface area contributed by atoms with Crippen LogP contribution < -0.4 is 5.73 Å². The monoisotopic (exact) mass is 266 g/mol. The van der Waals surface area contributed by atoms with E-state index in [-0.39, 0.29) is 5.54 Å². The van der Waals surface area contributed by atoms with Crippen LogP contribution in [0, 0.1) is 11.8 Å². The van der Waals surface area contributed by atoms with Gasteiger partial charge < -0.3 is 10.5 Å². The molecule has 3 rings (SSSR count). The third-order valence-electron chi connectivity index (χ3n) is 5.96. The molecule has 2 unspecified atom stereocenters. The van der Waals surface area contributed by atoms with Gasteiger partial charge in [0.2, 0.25) is 0 Å². The van der Waals surface area contributed by atoms with Crippen LogP contribution in [0.3, 0.4) is 0 Å². The van der Waals surface area contributed by atoms with Gasteiger partial charge in [-0.3, -0.25) is 4.90 Å². The summed E-state index contributed by atoms with van der Waals surface area (Å²) in [7, 11) is 0. The van der Waals surface area contributed by atoms with Gasteiger partial charge in [0.05, 0.1) is 6.10 Å². The van der Waals surface area contributed by atoms with Crippen LogP contribution in [-0.2, 0) is 4.74 Å². The molecule has 0 amide bonds. The van der Waals surface area contributed by atoms with Crippen LogP contribution in [0.15, 0.2) is 0 Å². The van der Waals surface area contributed by atoms with Crippen molar-refractivity contribution in [3.05, 3.63) is 0 Å². The number of hydrogen-bond acceptors (Lipinski definition) is 3. The average molecular weight is 266 g/mol. The standard InChI is InChI=1S/C16H30N2O/c1-2-19-15-9-16(10-15,12-17)18-8-7-13-5-3-4-6-14(13)11-18/h13-15H,2-12,17H2,1H3. The van der Waals surface area contributed by atoms with E-state index in [1.54, 1.807) is 0 Å². The van der Waals surface area contributed by atoms with Crippen LogP contribution in [0.4, 0.5) is 0 Å². The number of nitrogens with zero attached hydrogens (tertiary/aromatic N) is 1. The van der Waals surface area contributed by atoms with Crippen molar-refractivity contribution < 1.29 is 4.74 Å². The Balaban J connectivity index is 1.59. The fraction of sp³-hybridized carbons (Fsp3) is 1.00. The van der Waals surface area contributed by atoms with Crippen molar-refractivity contribution in [2.45, 2.75) is 63.5 Å². The summed E-state index contributed by atoms with van der Waals surface area (Å²) >= 11 is 0. The van der Waals surface area contributed by atoms with Crippen molar-refractivity contribution in [3.63, 3.8) is 0 Å². The van der Waals surface area contributed by atoms with Gasteiger partial charge in [0.1, 0.15) is 0 Å². The maximum atomic E-state index is 6.13. The Morgan fingerprint density at radius 3 is 2.58 bits per heavy atom. The molecule has 1 heterocycles. The molecule has 2 aliphatic carbocycles. The number of hydrogen-bond donors (Lipinski definition) is 1. The molecule has 0 aromatic rings. The van der Waals surface area contributed by atoms with E-state index >= 15 is 0 Å². The lowest BCUT2D eigenvalue weighted by Gasteiger charge is -2.57. The van der Waals surface area contributed by atoms with Crippen LogP contribution in [-0.4, -0.2) is 42.8 Å². The first kappa shape index (κ1) is 13.8. The summed E-state index contributed by atoms with van der Waals surface area (Å²) < 4.78 is 5.75. The number of likely N-dealkylation sites (tertiary alicyclic amines) is 1. The molecule has 3 aliphatic rings. The largest absolute Gasteiger partial charge is 0.378 e. The normalized spacial score (nSPS) is 43.6. The number of nitrogens with two attached hydrogens (primary N) is 1. The number of fused-ring (bicyclic) bond motifs is 1. The maximum Gasteiger partial charge on any atom is 0.0611 e. The zero-order valence-electron chi connectivity index (χ0n) is 12.4. The second-order valence-corrected chi connectivity index (χ2v) is 6.95. The lowest BCUT2D eigenvalue weighted by molar-refractivity contribution is -0.117. The lowest BCUT2D eigenvalue weighted by Crippen LogP contribution is -2.66. The molecule has 0 aromatic heterocycles. The first-order valence-electron chi connectivity index (χ1n) is 8.34. The number of piperidine rings is 1. The minimum absolute atomic E-state index is 0.280. The van der Waals surface area contributed by atoms with E-state index in [9.17, 15) is 0 Å². The first-order chi connectivity index (χ1) is 9.27. The van der Waals surface area contributed by atoms with E-state index < -0.39 is 0 Å². The van der Waals surface area contributed by atoms with E-state index in [1.807, 2.05) is 0 Å². The fourth-order valence-electron chi connectivity index (χ4n) is 4.73. The minimum atomic E-state index is 0.280. The molecule has 3 nitrogen and oxygen atoms in total. The van der Waals surface area contributed by atoms with Crippen LogP contribution in [0.25, 0.3) is 0 Å². The molecule has 0 aromatic carbocycles. The summed E-state index contributed by atoms with van der Waals surface area (Å²) in [4.78, 5) is 2.73. The zero-order chi connectivity index (χ0) is 13.3. The highest BCUT2D eigenvalue weighted by molar-refractivity contribution is 5.06. The van der Waals surface area contributed by atoms with Crippen molar-refractivity contribution in [1.29, 1.82) is 0 Å². The Morgan fingerprint density at radius 1 is 1.16 bits per heavy atom. The molecule has 3 heteroatoms. The van der Waals surface area contributed by atoms with Gasteiger partial charge in [-0.25, -0.2) is 0 Å². The summed E-state index contributed by atoms with van der Waals surface area (Å²) in [5, 5.41) is 0. The molecule has 0 radical (unpaired) electrons. The molecule has 3 fully saturated rings. The molecule has 1 saturated heterocycles. The summed E-state index contributed by atoms with van der Waals surface area (Å²) in [6.07, 6.45) is 10.1. The van der Waals surface area contributed by atoms with E-state index in [0.29, 0.717) is 6.10 Å². The fourth-order valence-corrected chi connectivity index (χ4v) is 4.73. The molecule has 19 heavy (non-hydrogen) atoms. The summed E-state index contributed by atoms with van der Waals surface area (Å²) in [5.41, 5.74) is 6.41. The number of rotatable bonds is 4.